The Hall–Kier alpha value is -1.39. The van der Waals surface area contributed by atoms with Crippen molar-refractivity contribution in [2.75, 3.05) is 7.11 Å². The van der Waals surface area contributed by atoms with Gasteiger partial charge in [-0.1, -0.05) is 12.8 Å². The molecule has 0 radical (unpaired) electrons. The fourth-order valence-electron chi connectivity index (χ4n) is 2.64. The zero-order valence-electron chi connectivity index (χ0n) is 10.4. The van der Waals surface area contributed by atoms with E-state index in [1.165, 1.54) is 7.11 Å². The Morgan fingerprint density at radius 1 is 1.53 bits per heavy atom. The van der Waals surface area contributed by atoms with Crippen LogP contribution in [0.4, 0.5) is 4.39 Å². The molecule has 0 bridgehead atoms. The largest absolute Gasteiger partial charge is 0.504 e. The molecule has 6 heteroatoms. The van der Waals surface area contributed by atoms with Crippen LogP contribution in [-0.2, 0) is 10.3 Å². The average Bonchev–Trinajstić information content (AvgIpc) is 2.84. The maximum Gasteiger partial charge on any atom is 0.235 e. The standard InChI is InChI=1S/C13H13BrFNO3/c1-19-9-6-8(15)11(14)10(12(9)18)13(16-7-17)4-2-3-5-13/h6,18H,2-5H2,1H3. The van der Waals surface area contributed by atoms with Crippen molar-refractivity contribution in [2.45, 2.75) is 31.2 Å². The van der Waals surface area contributed by atoms with Gasteiger partial charge in [0.1, 0.15) is 11.4 Å². The first-order valence-corrected chi connectivity index (χ1v) is 6.69. The lowest BCUT2D eigenvalue weighted by Crippen LogP contribution is -2.20. The molecule has 1 aromatic rings. The van der Waals surface area contributed by atoms with Gasteiger partial charge in [0.05, 0.1) is 11.6 Å². The Balaban J connectivity index is 2.72. The summed E-state index contributed by atoms with van der Waals surface area (Å²) in [5, 5.41) is 10.2. The summed E-state index contributed by atoms with van der Waals surface area (Å²) in [7, 11) is 1.34. The Kier molecular flexibility index (Phi) is 3.92. The molecule has 4 nitrogen and oxygen atoms in total. The topological polar surface area (TPSA) is 58.9 Å². The van der Waals surface area contributed by atoms with Crippen molar-refractivity contribution in [3.63, 3.8) is 0 Å². The summed E-state index contributed by atoms with van der Waals surface area (Å²) in [6, 6.07) is 1.09. The fraction of sp³-hybridized carbons (Fsp3) is 0.462. The van der Waals surface area contributed by atoms with Crippen molar-refractivity contribution >= 4 is 22.0 Å². The van der Waals surface area contributed by atoms with E-state index < -0.39 is 11.4 Å². The van der Waals surface area contributed by atoms with Crippen LogP contribution in [0.5, 0.6) is 11.5 Å². The normalized spacial score (nSPS) is 17.0. The van der Waals surface area contributed by atoms with Crippen LogP contribution in [0.3, 0.4) is 0 Å². The number of hydrogen-bond acceptors (Lipinski definition) is 4. The summed E-state index contributed by atoms with van der Waals surface area (Å²) in [4.78, 5) is 14.5. The molecule has 0 amide bonds. The highest BCUT2D eigenvalue weighted by molar-refractivity contribution is 9.10. The Bertz CT molecular complexity index is 549. The van der Waals surface area contributed by atoms with Gasteiger partial charge in [-0.05, 0) is 28.8 Å². The molecule has 0 atom stereocenters. The molecule has 2 rings (SSSR count). The lowest BCUT2D eigenvalue weighted by molar-refractivity contribution is 0.350. The molecule has 0 aliphatic heterocycles. The summed E-state index contributed by atoms with van der Waals surface area (Å²) >= 11 is 3.13. The lowest BCUT2D eigenvalue weighted by Gasteiger charge is -2.26. The molecule has 0 aromatic heterocycles. The van der Waals surface area contributed by atoms with E-state index >= 15 is 0 Å². The van der Waals surface area contributed by atoms with Gasteiger partial charge in [-0.3, -0.25) is 0 Å². The van der Waals surface area contributed by atoms with E-state index in [4.69, 9.17) is 4.74 Å². The van der Waals surface area contributed by atoms with Crippen molar-refractivity contribution in [1.82, 2.24) is 0 Å². The van der Waals surface area contributed by atoms with Gasteiger partial charge in [0.2, 0.25) is 6.08 Å². The van der Waals surface area contributed by atoms with Gasteiger partial charge >= 0.3 is 0 Å². The molecule has 1 N–H and O–H groups in total. The minimum Gasteiger partial charge on any atom is -0.504 e. The van der Waals surface area contributed by atoms with E-state index in [0.717, 1.165) is 18.9 Å². The first-order chi connectivity index (χ1) is 9.05. The van der Waals surface area contributed by atoms with Gasteiger partial charge in [-0.25, -0.2) is 9.18 Å². The van der Waals surface area contributed by atoms with Gasteiger partial charge < -0.3 is 9.84 Å². The van der Waals surface area contributed by atoms with Crippen LogP contribution in [0, 0.1) is 5.82 Å². The molecule has 0 unspecified atom stereocenters. The zero-order valence-corrected chi connectivity index (χ0v) is 12.0. The predicted octanol–water partition coefficient (Wildman–Crippen LogP) is 3.41. The van der Waals surface area contributed by atoms with Crippen molar-refractivity contribution in [2.24, 2.45) is 4.99 Å². The van der Waals surface area contributed by atoms with Crippen molar-refractivity contribution in [1.29, 1.82) is 0 Å². The third-order valence-corrected chi connectivity index (χ3v) is 4.31. The van der Waals surface area contributed by atoms with Crippen LogP contribution in [0.2, 0.25) is 0 Å². The number of nitrogens with zero attached hydrogens (tertiary/aromatic N) is 1. The second-order valence-corrected chi connectivity index (χ2v) is 5.33. The summed E-state index contributed by atoms with van der Waals surface area (Å²) in [6.07, 6.45) is 4.40. The first kappa shape index (κ1) is 14.0. The van der Waals surface area contributed by atoms with E-state index in [1.54, 1.807) is 6.08 Å². The number of phenols is 1. The second kappa shape index (κ2) is 5.31. The van der Waals surface area contributed by atoms with E-state index in [-0.39, 0.29) is 21.5 Å². The quantitative estimate of drug-likeness (QED) is 0.682. The highest BCUT2D eigenvalue weighted by Crippen LogP contribution is 2.51. The number of carbonyl (C=O) groups excluding carboxylic acids is 1. The molecule has 1 aliphatic rings. The Labute approximate surface area is 118 Å². The van der Waals surface area contributed by atoms with Gasteiger partial charge in [-0.15, -0.1) is 0 Å². The van der Waals surface area contributed by atoms with Crippen LogP contribution in [0.1, 0.15) is 31.2 Å². The molecule has 19 heavy (non-hydrogen) atoms. The van der Waals surface area contributed by atoms with E-state index in [1.807, 2.05) is 0 Å². The maximum absolute atomic E-state index is 13.9. The van der Waals surface area contributed by atoms with Gasteiger partial charge in [0.15, 0.2) is 11.5 Å². The lowest BCUT2D eigenvalue weighted by atomic mass is 9.88. The number of benzene rings is 1. The van der Waals surface area contributed by atoms with Crippen LogP contribution in [-0.4, -0.2) is 18.3 Å². The van der Waals surface area contributed by atoms with Crippen molar-refractivity contribution in [3.05, 3.63) is 21.9 Å². The second-order valence-electron chi connectivity index (χ2n) is 4.54. The smallest absolute Gasteiger partial charge is 0.235 e. The van der Waals surface area contributed by atoms with E-state index in [2.05, 4.69) is 20.9 Å². The summed E-state index contributed by atoms with van der Waals surface area (Å²) in [6.45, 7) is 0. The predicted molar refractivity (Wildman–Crippen MR) is 70.6 cm³/mol. The third kappa shape index (κ3) is 2.26. The third-order valence-electron chi connectivity index (χ3n) is 3.53. The monoisotopic (exact) mass is 329 g/mol. The molecule has 1 aliphatic carbocycles. The highest BCUT2D eigenvalue weighted by atomic mass is 79.9. The number of methoxy groups -OCH3 is 1. The SMILES string of the molecule is COc1cc(F)c(Br)c(C2(N=C=O)CCCC2)c1O. The number of phenolic OH excluding ortho intramolecular Hbond substituents is 1. The van der Waals surface area contributed by atoms with E-state index in [0.29, 0.717) is 12.8 Å². The zero-order chi connectivity index (χ0) is 14.0. The van der Waals surface area contributed by atoms with E-state index in [9.17, 15) is 14.3 Å². The molecule has 0 heterocycles. The maximum atomic E-state index is 13.9. The molecule has 102 valence electrons. The van der Waals surface area contributed by atoms with Crippen molar-refractivity contribution in [3.8, 4) is 11.5 Å². The summed E-state index contributed by atoms with van der Waals surface area (Å²) < 4.78 is 19.0. The van der Waals surface area contributed by atoms with Gasteiger partial charge in [0.25, 0.3) is 0 Å². The molecule has 0 saturated heterocycles. The van der Waals surface area contributed by atoms with Gasteiger partial charge in [0, 0.05) is 11.6 Å². The van der Waals surface area contributed by atoms with Crippen LogP contribution in [0.15, 0.2) is 15.5 Å². The molecule has 0 spiro atoms. The minimum atomic E-state index is -0.917. The molecular formula is C13H13BrFNO3. The molecule has 1 saturated carbocycles. The summed E-state index contributed by atoms with van der Waals surface area (Å²) in [5.41, 5.74) is -0.648. The number of halogens is 2. The number of aromatic hydroxyl groups is 1. The number of aliphatic imine (C=N–C) groups is 1. The number of rotatable bonds is 3. The summed E-state index contributed by atoms with van der Waals surface area (Å²) in [5.74, 6) is -0.711. The fourth-order valence-corrected chi connectivity index (χ4v) is 3.31. The molecule has 1 aromatic carbocycles. The average molecular weight is 330 g/mol. The minimum absolute atomic E-state index is 0.0306. The number of hydrogen-bond donors (Lipinski definition) is 1. The van der Waals surface area contributed by atoms with Crippen LogP contribution in [0.25, 0.3) is 0 Å². The van der Waals surface area contributed by atoms with Crippen molar-refractivity contribution < 1.29 is 19.0 Å². The van der Waals surface area contributed by atoms with Gasteiger partial charge in [-0.2, -0.15) is 4.99 Å². The first-order valence-electron chi connectivity index (χ1n) is 5.90. The Morgan fingerprint density at radius 3 is 2.68 bits per heavy atom. The van der Waals surface area contributed by atoms with Crippen LogP contribution < -0.4 is 4.74 Å². The number of isocyanates is 1. The highest BCUT2D eigenvalue weighted by Gasteiger charge is 2.41. The van der Waals surface area contributed by atoms with Crippen LogP contribution >= 0.6 is 15.9 Å². The molecular weight excluding hydrogens is 317 g/mol. The molecule has 1 fully saturated rings. The number of ether oxygens (including phenoxy) is 1. The Morgan fingerprint density at radius 2 is 2.16 bits per heavy atom.